The molecule has 5 aromatic carbocycles. The van der Waals surface area contributed by atoms with E-state index in [1.807, 2.05) is 91.3 Å². The molecule has 2 aliphatic heterocycles. The summed E-state index contributed by atoms with van der Waals surface area (Å²) < 4.78 is 102. The molecule has 0 spiro atoms. The lowest BCUT2D eigenvalue weighted by Crippen LogP contribution is -2.46. The molecule has 14 nitrogen and oxygen atoms in total. The number of rotatable bonds is 18. The molecule has 9 rings (SSSR count). The van der Waals surface area contributed by atoms with Crippen molar-refractivity contribution in [3.8, 4) is 22.4 Å². The van der Waals surface area contributed by atoms with Gasteiger partial charge in [0.15, 0.2) is 0 Å². The number of aliphatic hydroxyl groups excluding tert-OH is 2. The molecule has 1 aliphatic carbocycles. The molecule has 21 heteroatoms. The van der Waals surface area contributed by atoms with Crippen molar-refractivity contribution in [1.29, 1.82) is 0 Å². The second-order valence-corrected chi connectivity index (χ2v) is 25.5. The van der Waals surface area contributed by atoms with Crippen molar-refractivity contribution in [1.82, 2.24) is 14.8 Å². The summed E-state index contributed by atoms with van der Waals surface area (Å²) in [5.74, 6) is 0.207. The maximum atomic E-state index is 14.3. The molecule has 1 amide bonds. The fourth-order valence-electron chi connectivity index (χ4n) is 10.6. The lowest BCUT2D eigenvalue weighted by Gasteiger charge is -2.37. The first-order valence-corrected chi connectivity index (χ1v) is 30.5. The zero-order valence-electron chi connectivity index (χ0n) is 43.4. The summed E-state index contributed by atoms with van der Waals surface area (Å²) >= 11 is 7.77. The van der Waals surface area contributed by atoms with Crippen molar-refractivity contribution in [3.63, 3.8) is 0 Å². The number of carbonyl (C=O) groups excluding carboxylic acids is 1. The second kappa shape index (κ2) is 24.3. The van der Waals surface area contributed by atoms with Crippen molar-refractivity contribution in [3.05, 3.63) is 138 Å². The average Bonchev–Trinajstić information content (AvgIpc) is 3.92. The van der Waals surface area contributed by atoms with Gasteiger partial charge in [-0.05, 0) is 142 Å². The van der Waals surface area contributed by atoms with Crippen LogP contribution in [0.15, 0.2) is 136 Å². The van der Waals surface area contributed by atoms with E-state index < -0.39 is 41.2 Å². The molecule has 6 aromatic rings. The number of aliphatic hydroxyl groups is 2. The Morgan fingerprint density at radius 1 is 0.744 bits per heavy atom. The molecule has 3 aliphatic rings. The number of piperazine rings is 1. The highest BCUT2D eigenvalue weighted by Gasteiger charge is 2.48. The Hall–Kier alpha value is -5.74. The van der Waals surface area contributed by atoms with Gasteiger partial charge < -0.3 is 40.1 Å². The van der Waals surface area contributed by atoms with E-state index in [1.165, 1.54) is 11.8 Å². The predicted molar refractivity (Wildman–Crippen MR) is 304 cm³/mol. The van der Waals surface area contributed by atoms with Gasteiger partial charge in [-0.3, -0.25) is 9.52 Å². The number of thioether (sulfide) groups is 1. The number of amides is 1. The van der Waals surface area contributed by atoms with Crippen molar-refractivity contribution in [2.75, 3.05) is 71.4 Å². The normalized spacial score (nSPS) is 18.4. The SMILES string of the molecule is Cc1c(C(=O)N[C@H]2CC[C@H](O)CC2)c(-c2cccc(N3CCN(c4ccc(NS(=O)(=O)c5ccc(N[C@H](CCN6CCC(O)CC6)CSc6ccccc6)c(S(=O)(=O)C(F)(F)F)c5)cc4)CC3)c2)c(-c2ccc(Cl)cc2)n1C. The van der Waals surface area contributed by atoms with Crippen molar-refractivity contribution in [2.45, 2.75) is 96.4 Å². The summed E-state index contributed by atoms with van der Waals surface area (Å²) in [7, 11) is -8.67. The van der Waals surface area contributed by atoms with Crippen LogP contribution in [0.1, 0.15) is 61.0 Å². The monoisotopic (exact) mass is 1150 g/mol. The Labute approximate surface area is 464 Å². The Balaban J connectivity index is 0.890. The van der Waals surface area contributed by atoms with E-state index in [0.29, 0.717) is 113 Å². The smallest absolute Gasteiger partial charge is 0.393 e. The van der Waals surface area contributed by atoms with E-state index in [0.717, 1.165) is 56.5 Å². The number of sulfonamides is 1. The summed E-state index contributed by atoms with van der Waals surface area (Å²) in [5, 5.41) is 27.0. The Bertz CT molecular complexity index is 3270. The number of sulfone groups is 1. The summed E-state index contributed by atoms with van der Waals surface area (Å²) in [6.45, 7) is 6.30. The number of nitrogens with one attached hydrogen (secondary N) is 3. The number of nitrogens with zero attached hydrogens (tertiary/aromatic N) is 4. The van der Waals surface area contributed by atoms with E-state index in [4.69, 9.17) is 11.6 Å². The molecule has 0 bridgehead atoms. The lowest BCUT2D eigenvalue weighted by molar-refractivity contribution is -0.0436. The third kappa shape index (κ3) is 13.3. The molecule has 0 unspecified atom stereocenters. The molecule has 5 N–H and O–H groups in total. The van der Waals surface area contributed by atoms with Crippen LogP contribution < -0.4 is 25.2 Å². The van der Waals surface area contributed by atoms with Gasteiger partial charge in [0, 0.05) is 109 Å². The quantitative estimate of drug-likeness (QED) is 0.0516. The van der Waals surface area contributed by atoms with Crippen LogP contribution in [-0.2, 0) is 26.9 Å². The molecular weight excluding hydrogens is 1080 g/mol. The fraction of sp³-hybridized carbons (Fsp3) is 0.386. The molecule has 1 aromatic heterocycles. The van der Waals surface area contributed by atoms with Gasteiger partial charge >= 0.3 is 5.51 Å². The van der Waals surface area contributed by atoms with Crippen molar-refractivity contribution < 1.29 is 45.0 Å². The van der Waals surface area contributed by atoms with Crippen molar-refractivity contribution >= 4 is 71.9 Å². The summed E-state index contributed by atoms with van der Waals surface area (Å²) in [5.41, 5.74) is 0.705. The minimum atomic E-state index is -6.03. The van der Waals surface area contributed by atoms with E-state index >= 15 is 0 Å². The van der Waals surface area contributed by atoms with Crippen molar-refractivity contribution in [2.24, 2.45) is 7.05 Å². The molecule has 3 fully saturated rings. The van der Waals surface area contributed by atoms with Crippen LogP contribution in [0.5, 0.6) is 0 Å². The van der Waals surface area contributed by atoms with Crippen LogP contribution >= 0.6 is 23.4 Å². The Kier molecular flexibility index (Phi) is 17.8. The van der Waals surface area contributed by atoms with Gasteiger partial charge in [-0.2, -0.15) is 13.2 Å². The van der Waals surface area contributed by atoms with Crippen LogP contribution in [0.2, 0.25) is 5.02 Å². The average molecular weight is 1150 g/mol. The summed E-state index contributed by atoms with van der Waals surface area (Å²) in [6.07, 6.45) is 3.57. The van der Waals surface area contributed by atoms with E-state index in [2.05, 4.69) is 36.1 Å². The highest BCUT2D eigenvalue weighted by molar-refractivity contribution is 7.99. The number of likely N-dealkylation sites (tertiary alicyclic amines) is 1. The molecule has 1 saturated carbocycles. The van der Waals surface area contributed by atoms with Gasteiger partial charge in [-0.1, -0.05) is 54.1 Å². The van der Waals surface area contributed by atoms with Gasteiger partial charge in [-0.15, -0.1) is 11.8 Å². The Morgan fingerprint density at radius 2 is 1.38 bits per heavy atom. The summed E-state index contributed by atoms with van der Waals surface area (Å²) in [4.78, 5) is 19.9. The first kappa shape index (κ1) is 57.0. The number of benzene rings is 5. The first-order chi connectivity index (χ1) is 37.2. The summed E-state index contributed by atoms with van der Waals surface area (Å²) in [6, 6.07) is 33.9. The van der Waals surface area contributed by atoms with Gasteiger partial charge in [0.1, 0.15) is 4.90 Å². The lowest BCUT2D eigenvalue weighted by atomic mass is 9.92. The zero-order valence-corrected chi connectivity index (χ0v) is 46.6. The van der Waals surface area contributed by atoms with Gasteiger partial charge in [0.2, 0.25) is 0 Å². The first-order valence-electron chi connectivity index (χ1n) is 26.2. The van der Waals surface area contributed by atoms with Gasteiger partial charge in [-0.25, -0.2) is 16.8 Å². The van der Waals surface area contributed by atoms with E-state index in [1.54, 1.807) is 24.3 Å². The molecule has 0 radical (unpaired) electrons. The molecular formula is C57H65ClF3N7O7S3. The van der Waals surface area contributed by atoms with Gasteiger partial charge in [0.25, 0.3) is 25.8 Å². The number of carbonyl (C=O) groups is 1. The third-order valence-corrected chi connectivity index (χ3v) is 19.4. The number of hydrogen-bond acceptors (Lipinski definition) is 12. The van der Waals surface area contributed by atoms with Crippen LogP contribution in [0.4, 0.5) is 35.9 Å². The molecule has 2 saturated heterocycles. The van der Waals surface area contributed by atoms with E-state index in [9.17, 15) is 45.0 Å². The highest BCUT2D eigenvalue weighted by atomic mass is 35.5. The number of hydrogen-bond donors (Lipinski definition) is 5. The molecule has 1 atom stereocenters. The third-order valence-electron chi connectivity index (χ3n) is 15.1. The fourth-order valence-corrected chi connectivity index (χ4v) is 13.8. The predicted octanol–water partition coefficient (Wildman–Crippen LogP) is 10.2. The van der Waals surface area contributed by atoms with Crippen LogP contribution in [0.3, 0.4) is 0 Å². The van der Waals surface area contributed by atoms with Crippen LogP contribution in [-0.4, -0.2) is 124 Å². The minimum absolute atomic E-state index is 0.0409. The van der Waals surface area contributed by atoms with Crippen LogP contribution in [0, 0.1) is 6.92 Å². The maximum Gasteiger partial charge on any atom is 0.501 e. The minimum Gasteiger partial charge on any atom is -0.393 e. The van der Waals surface area contributed by atoms with E-state index in [-0.39, 0.29) is 35.5 Å². The van der Waals surface area contributed by atoms with Gasteiger partial charge in [0.05, 0.1) is 34.0 Å². The number of alkyl halides is 3. The number of anilines is 4. The molecule has 78 heavy (non-hydrogen) atoms. The number of piperidine rings is 1. The molecule has 3 heterocycles. The van der Waals surface area contributed by atoms with Crippen LogP contribution in [0.25, 0.3) is 22.4 Å². The maximum absolute atomic E-state index is 14.3. The number of halogens is 4. The second-order valence-electron chi connectivity index (χ2n) is 20.3. The Morgan fingerprint density at radius 3 is 2.04 bits per heavy atom. The largest absolute Gasteiger partial charge is 0.501 e. The number of aromatic nitrogens is 1. The standard InChI is InChI=1S/C57H65ClF3N7O7S3/c1-38-53(56(71)63-42-17-21-47(69)22-18-42)54(55(65(38)2)39-11-13-41(58)14-12-39)40-7-6-8-46(35-40)68-33-31-67(32-34-68)45-19-15-43(16-20-45)64-78(74,75)50-23-24-51(52(36-50)77(72,73)57(59,60)61)62-44(37-76-49-9-4-3-5-10-49)25-28-66-29-26-48(70)27-30-66/h3-16,19-20,23-24,35-36,42,44,47-48,62,64,69-70H,17-18,21-22,25-34,37H2,1-2H3,(H,63,71)/t42-,44-,47-/m1/s1. The molecule has 416 valence electrons. The highest BCUT2D eigenvalue weighted by Crippen LogP contribution is 2.42. The zero-order chi connectivity index (χ0) is 55.4. The topological polar surface area (TPSA) is 177 Å².